The van der Waals surface area contributed by atoms with Crippen LogP contribution in [0.15, 0.2) is 77.7 Å². The monoisotopic (exact) mass is 589 g/mol. The van der Waals surface area contributed by atoms with Gasteiger partial charge in [-0.2, -0.15) is 0 Å². The van der Waals surface area contributed by atoms with Crippen LogP contribution in [0.1, 0.15) is 31.9 Å². The van der Waals surface area contributed by atoms with Crippen LogP contribution in [0.5, 0.6) is 0 Å². The third-order valence-electron chi connectivity index (χ3n) is 6.12. The minimum absolute atomic E-state index is 0.00717. The number of nitrogens with one attached hydrogen (secondary N) is 1. The maximum absolute atomic E-state index is 13.9. The van der Waals surface area contributed by atoms with Gasteiger partial charge in [0, 0.05) is 23.1 Å². The molecule has 1 N–H and O–H groups in total. The number of carbonyl (C=O) groups is 2. The first kappa shape index (κ1) is 30.5. The number of halogens is 2. The van der Waals surface area contributed by atoms with Crippen molar-refractivity contribution in [2.45, 2.75) is 45.2 Å². The van der Waals surface area contributed by atoms with Gasteiger partial charge in [-0.1, -0.05) is 66.9 Å². The largest absolute Gasteiger partial charge is 0.354 e. The Bertz CT molecular complexity index is 1380. The molecule has 39 heavy (non-hydrogen) atoms. The Labute approximate surface area is 240 Å². The SMILES string of the molecule is Cc1ccc(N(CC(=O)N(Cc2ccc(Cl)cc2)[C@H](C)C(=O)NCC(C)C)S(=O)(=O)c2ccc(Cl)cc2)cc1. The predicted molar refractivity (Wildman–Crippen MR) is 156 cm³/mol. The van der Waals surface area contributed by atoms with E-state index in [2.05, 4.69) is 5.32 Å². The summed E-state index contributed by atoms with van der Waals surface area (Å²) in [7, 11) is -4.15. The lowest BCUT2D eigenvalue weighted by molar-refractivity contribution is -0.139. The van der Waals surface area contributed by atoms with E-state index in [1.54, 1.807) is 55.5 Å². The Balaban J connectivity index is 2.00. The first-order valence-electron chi connectivity index (χ1n) is 12.5. The second-order valence-corrected chi connectivity index (χ2v) is 12.5. The first-order chi connectivity index (χ1) is 18.4. The fourth-order valence-corrected chi connectivity index (χ4v) is 5.46. The fraction of sp³-hybridized carbons (Fsp3) is 0.310. The van der Waals surface area contributed by atoms with Crippen LogP contribution in [0.3, 0.4) is 0 Å². The molecular formula is C29H33Cl2N3O4S. The molecule has 0 saturated heterocycles. The molecule has 7 nitrogen and oxygen atoms in total. The highest BCUT2D eigenvalue weighted by molar-refractivity contribution is 7.92. The zero-order valence-electron chi connectivity index (χ0n) is 22.4. The van der Waals surface area contributed by atoms with Crippen LogP contribution in [0.2, 0.25) is 10.0 Å². The predicted octanol–water partition coefficient (Wildman–Crippen LogP) is 5.69. The van der Waals surface area contributed by atoms with Crippen molar-refractivity contribution in [2.24, 2.45) is 5.92 Å². The van der Waals surface area contributed by atoms with Gasteiger partial charge in [0.05, 0.1) is 10.6 Å². The number of hydrogen-bond donors (Lipinski definition) is 1. The molecule has 0 aliphatic rings. The standard InChI is InChI=1S/C29H33Cl2N3O4S/c1-20(2)17-32-29(36)22(4)33(18-23-7-9-24(30)10-8-23)28(35)19-34(26-13-5-21(3)6-14-26)39(37,38)27-15-11-25(31)12-16-27/h5-16,20,22H,17-19H2,1-4H3,(H,32,36)/t22-/m1/s1. The first-order valence-corrected chi connectivity index (χ1v) is 14.7. The molecule has 0 bridgehead atoms. The molecule has 208 valence electrons. The van der Waals surface area contributed by atoms with Crippen LogP contribution in [-0.2, 0) is 26.2 Å². The van der Waals surface area contributed by atoms with Gasteiger partial charge in [-0.15, -0.1) is 0 Å². The summed E-state index contributed by atoms with van der Waals surface area (Å²) >= 11 is 12.0. The van der Waals surface area contributed by atoms with Gasteiger partial charge in [0.2, 0.25) is 11.8 Å². The molecule has 2 amide bonds. The molecule has 0 aliphatic heterocycles. The molecule has 0 unspecified atom stereocenters. The highest BCUT2D eigenvalue weighted by atomic mass is 35.5. The van der Waals surface area contributed by atoms with Crippen molar-refractivity contribution in [3.8, 4) is 0 Å². The topological polar surface area (TPSA) is 86.8 Å². The molecule has 0 aliphatic carbocycles. The zero-order valence-corrected chi connectivity index (χ0v) is 24.7. The van der Waals surface area contributed by atoms with Crippen LogP contribution in [0.25, 0.3) is 0 Å². The van der Waals surface area contributed by atoms with Crippen LogP contribution < -0.4 is 9.62 Å². The van der Waals surface area contributed by atoms with Gasteiger partial charge in [0.15, 0.2) is 0 Å². The van der Waals surface area contributed by atoms with Crippen molar-refractivity contribution < 1.29 is 18.0 Å². The minimum Gasteiger partial charge on any atom is -0.354 e. The highest BCUT2D eigenvalue weighted by Crippen LogP contribution is 2.26. The molecule has 0 radical (unpaired) electrons. The van der Waals surface area contributed by atoms with E-state index in [9.17, 15) is 18.0 Å². The summed E-state index contributed by atoms with van der Waals surface area (Å²) < 4.78 is 28.6. The third kappa shape index (κ3) is 8.21. The average Bonchev–Trinajstić information content (AvgIpc) is 2.90. The van der Waals surface area contributed by atoms with Crippen LogP contribution in [0.4, 0.5) is 5.69 Å². The maximum Gasteiger partial charge on any atom is 0.264 e. The second kappa shape index (κ2) is 13.3. The summed E-state index contributed by atoms with van der Waals surface area (Å²) in [5, 5.41) is 3.80. The zero-order chi connectivity index (χ0) is 28.7. The van der Waals surface area contributed by atoms with E-state index in [0.29, 0.717) is 22.3 Å². The normalized spacial score (nSPS) is 12.2. The molecule has 0 heterocycles. The van der Waals surface area contributed by atoms with Gasteiger partial charge in [-0.25, -0.2) is 8.42 Å². The average molecular weight is 591 g/mol. The van der Waals surface area contributed by atoms with Crippen molar-refractivity contribution in [2.75, 3.05) is 17.4 Å². The van der Waals surface area contributed by atoms with E-state index in [-0.39, 0.29) is 23.3 Å². The van der Waals surface area contributed by atoms with Crippen molar-refractivity contribution in [1.82, 2.24) is 10.2 Å². The van der Waals surface area contributed by atoms with Gasteiger partial charge in [0.25, 0.3) is 10.0 Å². The van der Waals surface area contributed by atoms with E-state index in [0.717, 1.165) is 15.4 Å². The molecule has 0 saturated carbocycles. The maximum atomic E-state index is 13.9. The van der Waals surface area contributed by atoms with Crippen molar-refractivity contribution >= 4 is 50.7 Å². The molecule has 0 spiro atoms. The summed E-state index contributed by atoms with van der Waals surface area (Å²) in [6.45, 7) is 7.50. The minimum atomic E-state index is -4.15. The van der Waals surface area contributed by atoms with Crippen LogP contribution in [0, 0.1) is 12.8 Å². The van der Waals surface area contributed by atoms with E-state index in [4.69, 9.17) is 23.2 Å². The van der Waals surface area contributed by atoms with Gasteiger partial charge >= 0.3 is 0 Å². The lowest BCUT2D eigenvalue weighted by Gasteiger charge is -2.32. The van der Waals surface area contributed by atoms with Gasteiger partial charge in [0.1, 0.15) is 12.6 Å². The molecule has 3 aromatic rings. The lowest BCUT2D eigenvalue weighted by Crippen LogP contribution is -2.51. The van der Waals surface area contributed by atoms with Crippen molar-refractivity contribution in [3.63, 3.8) is 0 Å². The van der Waals surface area contributed by atoms with Gasteiger partial charge in [-0.05, 0) is 73.9 Å². The highest BCUT2D eigenvalue weighted by Gasteiger charge is 2.32. The Morgan fingerprint density at radius 3 is 1.92 bits per heavy atom. The molecule has 3 rings (SSSR count). The summed E-state index contributed by atoms with van der Waals surface area (Å²) in [4.78, 5) is 28.3. The van der Waals surface area contributed by atoms with Gasteiger partial charge < -0.3 is 10.2 Å². The molecule has 10 heteroatoms. The summed E-state index contributed by atoms with van der Waals surface area (Å²) in [5.41, 5.74) is 2.01. The number of anilines is 1. The van der Waals surface area contributed by atoms with Crippen LogP contribution >= 0.6 is 23.2 Å². The van der Waals surface area contributed by atoms with Gasteiger partial charge in [-0.3, -0.25) is 13.9 Å². The lowest BCUT2D eigenvalue weighted by atomic mass is 10.1. The molecule has 0 fully saturated rings. The van der Waals surface area contributed by atoms with E-state index in [1.165, 1.54) is 29.2 Å². The van der Waals surface area contributed by atoms with E-state index >= 15 is 0 Å². The Morgan fingerprint density at radius 1 is 0.846 bits per heavy atom. The smallest absolute Gasteiger partial charge is 0.264 e. The third-order valence-corrected chi connectivity index (χ3v) is 8.41. The summed E-state index contributed by atoms with van der Waals surface area (Å²) in [6, 6.07) is 18.7. The molecule has 0 aromatic heterocycles. The number of amides is 2. The summed E-state index contributed by atoms with van der Waals surface area (Å²) in [5.74, 6) is -0.633. The molecule has 1 atom stereocenters. The Hall–Kier alpha value is -3.07. The number of hydrogen-bond acceptors (Lipinski definition) is 4. The number of benzene rings is 3. The Kier molecular flexibility index (Phi) is 10.4. The second-order valence-electron chi connectivity index (χ2n) is 9.76. The number of carbonyl (C=O) groups excluding carboxylic acids is 2. The van der Waals surface area contributed by atoms with E-state index in [1.807, 2.05) is 20.8 Å². The van der Waals surface area contributed by atoms with E-state index < -0.39 is 28.5 Å². The number of aryl methyl sites for hydroxylation is 1. The molecule has 3 aromatic carbocycles. The van der Waals surface area contributed by atoms with Crippen molar-refractivity contribution in [1.29, 1.82) is 0 Å². The molecular weight excluding hydrogens is 557 g/mol. The van der Waals surface area contributed by atoms with Crippen molar-refractivity contribution in [3.05, 3.63) is 94.0 Å². The fourth-order valence-electron chi connectivity index (χ4n) is 3.80. The number of nitrogens with zero attached hydrogens (tertiary/aromatic N) is 2. The number of sulfonamides is 1. The Morgan fingerprint density at radius 2 is 1.38 bits per heavy atom. The summed E-state index contributed by atoms with van der Waals surface area (Å²) in [6.07, 6.45) is 0. The quantitative estimate of drug-likeness (QED) is 0.311. The number of rotatable bonds is 11. The van der Waals surface area contributed by atoms with Crippen LogP contribution in [-0.4, -0.2) is 44.3 Å².